The molecule has 0 atom stereocenters. The van der Waals surface area contributed by atoms with E-state index in [4.69, 9.17) is 0 Å². The molecule has 0 aromatic carbocycles. The van der Waals surface area contributed by atoms with Gasteiger partial charge in [0.05, 0.1) is 6.20 Å². The number of Topliss-reactive ketones (excluding diaryl/α,β-unsaturated/α-hetero) is 1. The largest absolute Gasteiger partial charge is 0.381 e. The summed E-state index contributed by atoms with van der Waals surface area (Å²) < 4.78 is 15.3. The van der Waals surface area contributed by atoms with E-state index in [1.54, 1.807) is 25.6 Å². The molecule has 0 radical (unpaired) electrons. The van der Waals surface area contributed by atoms with Crippen LogP contribution < -0.4 is 0 Å². The third kappa shape index (κ3) is 2.93. The molecule has 4 nitrogen and oxygen atoms in total. The van der Waals surface area contributed by atoms with Crippen LogP contribution in [0.4, 0.5) is 4.39 Å². The van der Waals surface area contributed by atoms with Crippen molar-refractivity contribution in [1.29, 1.82) is 0 Å². The molecule has 0 spiro atoms. The van der Waals surface area contributed by atoms with Crippen molar-refractivity contribution in [3.63, 3.8) is 0 Å². The first-order valence-corrected chi connectivity index (χ1v) is 5.47. The number of imidazole rings is 1. The van der Waals surface area contributed by atoms with Gasteiger partial charge in [-0.25, -0.2) is 9.37 Å². The zero-order valence-corrected chi connectivity index (χ0v) is 10.9. The minimum atomic E-state index is -0.781. The number of carbonyl (C=O) groups excluding carboxylic acids is 1. The molecule has 0 saturated heterocycles. The highest BCUT2D eigenvalue weighted by atomic mass is 19.1. The van der Waals surface area contributed by atoms with E-state index in [1.807, 2.05) is 13.8 Å². The van der Waals surface area contributed by atoms with E-state index in [2.05, 4.69) is 4.98 Å². The van der Waals surface area contributed by atoms with Crippen molar-refractivity contribution in [3.8, 4) is 0 Å². The summed E-state index contributed by atoms with van der Waals surface area (Å²) in [5, 5.41) is 0. The summed E-state index contributed by atoms with van der Waals surface area (Å²) in [6.45, 7) is 5.66. The fraction of sp³-hybridized carbons (Fsp3) is 0.500. The molecule has 94 valence electrons. The molecule has 17 heavy (non-hydrogen) atoms. The van der Waals surface area contributed by atoms with E-state index in [1.165, 1.54) is 11.1 Å². The molecule has 0 N–H and O–H groups in total. The lowest BCUT2D eigenvalue weighted by Crippen LogP contribution is -2.14. The zero-order chi connectivity index (χ0) is 13.2. The maximum Gasteiger partial charge on any atom is 0.240 e. The van der Waals surface area contributed by atoms with Gasteiger partial charge in [0.2, 0.25) is 5.78 Å². The van der Waals surface area contributed by atoms with Gasteiger partial charge in [0.25, 0.3) is 0 Å². The number of halogens is 1. The Kier molecular flexibility index (Phi) is 4.04. The van der Waals surface area contributed by atoms with Crippen LogP contribution in [0, 0.1) is 6.92 Å². The van der Waals surface area contributed by atoms with Gasteiger partial charge in [-0.3, -0.25) is 4.79 Å². The summed E-state index contributed by atoms with van der Waals surface area (Å²) in [6.07, 6.45) is 2.58. The lowest BCUT2D eigenvalue weighted by Gasteiger charge is -2.13. The second-order valence-corrected chi connectivity index (χ2v) is 4.42. The highest BCUT2D eigenvalue weighted by Gasteiger charge is 2.20. The standard InChI is InChI=1S/C12H18FN3O/c1-8(2)16-9(3)14-6-11(16)12(17)10(13)7-15(4)5/h6-8H,1-5H3/b10-7+. The van der Waals surface area contributed by atoms with Crippen molar-refractivity contribution in [2.24, 2.45) is 0 Å². The molecule has 0 saturated carbocycles. The number of rotatable bonds is 4. The predicted molar refractivity (Wildman–Crippen MR) is 64.6 cm³/mol. The van der Waals surface area contributed by atoms with Crippen molar-refractivity contribution in [1.82, 2.24) is 14.5 Å². The summed E-state index contributed by atoms with van der Waals surface area (Å²) in [4.78, 5) is 17.4. The van der Waals surface area contributed by atoms with Gasteiger partial charge in [0.15, 0.2) is 5.83 Å². The predicted octanol–water partition coefficient (Wildman–Crippen LogP) is 2.33. The number of nitrogens with zero attached hydrogens (tertiary/aromatic N) is 3. The van der Waals surface area contributed by atoms with Crippen molar-refractivity contribution in [3.05, 3.63) is 29.7 Å². The first-order valence-electron chi connectivity index (χ1n) is 5.47. The van der Waals surface area contributed by atoms with E-state index < -0.39 is 11.6 Å². The number of hydrogen-bond acceptors (Lipinski definition) is 3. The van der Waals surface area contributed by atoms with Crippen LogP contribution in [-0.2, 0) is 0 Å². The summed E-state index contributed by atoms with van der Waals surface area (Å²) in [5.41, 5.74) is 0.285. The van der Waals surface area contributed by atoms with Crippen molar-refractivity contribution < 1.29 is 9.18 Å². The topological polar surface area (TPSA) is 38.1 Å². The fourth-order valence-electron chi connectivity index (χ4n) is 1.68. The third-order valence-corrected chi connectivity index (χ3v) is 2.32. The van der Waals surface area contributed by atoms with Crippen molar-refractivity contribution >= 4 is 5.78 Å². The van der Waals surface area contributed by atoms with Gasteiger partial charge < -0.3 is 9.47 Å². The Balaban J connectivity index is 3.13. The average molecular weight is 239 g/mol. The van der Waals surface area contributed by atoms with Gasteiger partial charge >= 0.3 is 0 Å². The molecule has 1 aromatic rings. The molecule has 0 amide bonds. The lowest BCUT2D eigenvalue weighted by molar-refractivity contribution is 0.0991. The van der Waals surface area contributed by atoms with Crippen molar-refractivity contribution in [2.45, 2.75) is 26.8 Å². The van der Waals surface area contributed by atoms with Gasteiger partial charge in [0, 0.05) is 26.3 Å². The quantitative estimate of drug-likeness (QED) is 0.598. The molecule has 1 aromatic heterocycles. The van der Waals surface area contributed by atoms with Crippen LogP contribution in [-0.4, -0.2) is 34.3 Å². The molecule has 0 unspecified atom stereocenters. The van der Waals surface area contributed by atoms with Crippen LogP contribution in [0.3, 0.4) is 0 Å². The molecule has 0 aliphatic carbocycles. The Morgan fingerprint density at radius 3 is 2.59 bits per heavy atom. The molecule has 0 aliphatic heterocycles. The monoisotopic (exact) mass is 239 g/mol. The minimum absolute atomic E-state index is 0.0728. The Labute approximate surface area is 101 Å². The Bertz CT molecular complexity index is 447. The Hall–Kier alpha value is -1.65. The number of carbonyl (C=O) groups is 1. The van der Waals surface area contributed by atoms with Crippen LogP contribution in [0.1, 0.15) is 36.2 Å². The molecule has 0 fully saturated rings. The molecule has 0 aliphatic rings. The number of aromatic nitrogens is 2. The first kappa shape index (κ1) is 13.4. The first-order chi connectivity index (χ1) is 7.84. The maximum absolute atomic E-state index is 13.6. The second-order valence-electron chi connectivity index (χ2n) is 4.42. The van der Waals surface area contributed by atoms with E-state index >= 15 is 0 Å². The van der Waals surface area contributed by atoms with Crippen LogP contribution in [0.2, 0.25) is 0 Å². The Morgan fingerprint density at radius 2 is 2.12 bits per heavy atom. The molecular weight excluding hydrogens is 221 g/mol. The molecular formula is C12H18FN3O. The average Bonchev–Trinajstić information content (AvgIpc) is 2.57. The lowest BCUT2D eigenvalue weighted by atomic mass is 10.2. The fourth-order valence-corrected chi connectivity index (χ4v) is 1.68. The number of ketones is 1. The van der Waals surface area contributed by atoms with Gasteiger partial charge in [-0.15, -0.1) is 0 Å². The molecule has 1 heterocycles. The normalized spacial score (nSPS) is 12.1. The highest BCUT2D eigenvalue weighted by molar-refractivity contribution is 6.05. The summed E-state index contributed by atoms with van der Waals surface area (Å²) >= 11 is 0. The van der Waals surface area contributed by atoms with E-state index in [0.717, 1.165) is 6.20 Å². The van der Waals surface area contributed by atoms with Crippen LogP contribution in [0.25, 0.3) is 0 Å². The summed E-state index contributed by atoms with van der Waals surface area (Å²) in [7, 11) is 3.33. The van der Waals surface area contributed by atoms with E-state index in [0.29, 0.717) is 5.82 Å². The molecule has 0 bridgehead atoms. The summed E-state index contributed by atoms with van der Waals surface area (Å²) in [6, 6.07) is 0.0728. The summed E-state index contributed by atoms with van der Waals surface area (Å²) in [5.74, 6) is -0.703. The van der Waals surface area contributed by atoms with Gasteiger partial charge in [0.1, 0.15) is 11.5 Å². The highest BCUT2D eigenvalue weighted by Crippen LogP contribution is 2.17. The Morgan fingerprint density at radius 1 is 1.53 bits per heavy atom. The van der Waals surface area contributed by atoms with Crippen LogP contribution in [0.5, 0.6) is 0 Å². The second kappa shape index (κ2) is 5.12. The zero-order valence-electron chi connectivity index (χ0n) is 10.9. The number of hydrogen-bond donors (Lipinski definition) is 0. The van der Waals surface area contributed by atoms with Crippen LogP contribution in [0.15, 0.2) is 18.2 Å². The minimum Gasteiger partial charge on any atom is -0.381 e. The van der Waals surface area contributed by atoms with Crippen molar-refractivity contribution in [2.75, 3.05) is 14.1 Å². The number of allylic oxidation sites excluding steroid dienone is 1. The van der Waals surface area contributed by atoms with Gasteiger partial charge in [-0.2, -0.15) is 0 Å². The van der Waals surface area contributed by atoms with E-state index in [-0.39, 0.29) is 11.7 Å². The van der Waals surface area contributed by atoms with E-state index in [9.17, 15) is 9.18 Å². The smallest absolute Gasteiger partial charge is 0.240 e. The van der Waals surface area contributed by atoms with Crippen LogP contribution >= 0.6 is 0 Å². The SMILES string of the molecule is Cc1ncc(C(=O)/C(F)=C\N(C)C)n1C(C)C. The van der Waals surface area contributed by atoms with Gasteiger partial charge in [-0.05, 0) is 20.8 Å². The molecule has 5 heteroatoms. The van der Waals surface area contributed by atoms with Gasteiger partial charge in [-0.1, -0.05) is 0 Å². The number of aryl methyl sites for hydroxylation is 1. The maximum atomic E-state index is 13.6. The third-order valence-electron chi connectivity index (χ3n) is 2.32. The molecule has 1 rings (SSSR count).